The van der Waals surface area contributed by atoms with Crippen LogP contribution in [-0.4, -0.2) is 43.6 Å². The third kappa shape index (κ3) is 5.34. The minimum Gasteiger partial charge on any atom is -0.488 e. The first-order valence-corrected chi connectivity index (χ1v) is 8.18. The van der Waals surface area contributed by atoms with Gasteiger partial charge in [0.15, 0.2) is 6.61 Å². The van der Waals surface area contributed by atoms with Crippen LogP contribution in [0.3, 0.4) is 0 Å². The zero-order chi connectivity index (χ0) is 18.2. The highest BCUT2D eigenvalue weighted by Crippen LogP contribution is 2.25. The number of hydrogen-bond acceptors (Lipinski definition) is 5. The van der Waals surface area contributed by atoms with E-state index in [1.165, 1.54) is 0 Å². The topological polar surface area (TPSA) is 93.7 Å². The summed E-state index contributed by atoms with van der Waals surface area (Å²) in [6.45, 7) is 3.68. The van der Waals surface area contributed by atoms with Crippen LogP contribution in [0.2, 0.25) is 0 Å². The molecule has 0 fully saturated rings. The van der Waals surface area contributed by atoms with Crippen LogP contribution in [0.1, 0.15) is 25.8 Å². The van der Waals surface area contributed by atoms with Gasteiger partial charge in [0.2, 0.25) is 5.91 Å². The summed E-state index contributed by atoms with van der Waals surface area (Å²) in [5.41, 5.74) is 1.12. The van der Waals surface area contributed by atoms with E-state index in [1.807, 2.05) is 31.2 Å². The lowest BCUT2D eigenvalue weighted by molar-refractivity contribution is -0.145. The lowest BCUT2D eigenvalue weighted by Gasteiger charge is -2.17. The monoisotopic (exact) mass is 346 g/mol. The third-order valence-corrected chi connectivity index (χ3v) is 3.55. The van der Waals surface area contributed by atoms with Crippen LogP contribution in [0.25, 0.3) is 6.08 Å². The average molecular weight is 346 g/mol. The van der Waals surface area contributed by atoms with Gasteiger partial charge in [0, 0.05) is 12.1 Å². The average Bonchev–Trinajstić information content (AvgIpc) is 2.63. The summed E-state index contributed by atoms with van der Waals surface area (Å²) in [7, 11) is 0. The summed E-state index contributed by atoms with van der Waals surface area (Å²) in [5.74, 6) is -0.733. The smallest absolute Gasteiger partial charge is 0.338 e. The number of carbonyl (C=O) groups is 3. The molecule has 0 aromatic heterocycles. The molecule has 2 rings (SSSR count). The Hall–Kier alpha value is -2.83. The number of para-hydroxylation sites is 1. The molecule has 0 aliphatic carbocycles. The zero-order valence-electron chi connectivity index (χ0n) is 14.3. The second-order valence-electron chi connectivity index (χ2n) is 5.65. The van der Waals surface area contributed by atoms with Gasteiger partial charge in [-0.2, -0.15) is 0 Å². The van der Waals surface area contributed by atoms with Crippen LogP contribution >= 0.6 is 0 Å². The molecular formula is C18H22N2O5. The van der Waals surface area contributed by atoms with E-state index in [1.54, 1.807) is 13.0 Å². The maximum Gasteiger partial charge on any atom is 0.338 e. The molecular weight excluding hydrogens is 324 g/mol. The fraction of sp³-hybridized carbons (Fsp3) is 0.389. The summed E-state index contributed by atoms with van der Waals surface area (Å²) >= 11 is 0. The Morgan fingerprint density at radius 1 is 1.28 bits per heavy atom. The third-order valence-electron chi connectivity index (χ3n) is 3.55. The number of amides is 2. The molecule has 0 saturated heterocycles. The fourth-order valence-corrected chi connectivity index (χ4v) is 2.21. The molecule has 7 nitrogen and oxygen atoms in total. The number of rotatable bonds is 7. The molecule has 25 heavy (non-hydrogen) atoms. The number of hydrogen-bond donors (Lipinski definition) is 2. The van der Waals surface area contributed by atoms with Crippen molar-refractivity contribution in [1.82, 2.24) is 10.6 Å². The van der Waals surface area contributed by atoms with Gasteiger partial charge in [-0.05, 0) is 25.5 Å². The van der Waals surface area contributed by atoms with Crippen LogP contribution in [-0.2, 0) is 19.1 Å². The summed E-state index contributed by atoms with van der Waals surface area (Å²) < 4.78 is 10.5. The first-order valence-electron chi connectivity index (χ1n) is 8.18. The van der Waals surface area contributed by atoms with Crippen molar-refractivity contribution in [2.45, 2.75) is 26.3 Å². The number of esters is 1. The number of fused-ring (bicyclic) bond motifs is 1. The highest BCUT2D eigenvalue weighted by atomic mass is 16.5. The summed E-state index contributed by atoms with van der Waals surface area (Å²) in [4.78, 5) is 35.5. The van der Waals surface area contributed by atoms with E-state index in [9.17, 15) is 14.4 Å². The molecule has 1 aliphatic rings. The molecule has 134 valence electrons. The van der Waals surface area contributed by atoms with Crippen molar-refractivity contribution in [2.75, 3.05) is 19.8 Å². The molecule has 1 aromatic carbocycles. The van der Waals surface area contributed by atoms with Gasteiger partial charge in [0.05, 0.1) is 5.57 Å². The van der Waals surface area contributed by atoms with Crippen molar-refractivity contribution >= 4 is 23.9 Å². The van der Waals surface area contributed by atoms with E-state index >= 15 is 0 Å². The standard InChI is InChI=1S/C18H22N2O5/c1-3-8-19-17(22)12(2)20-16(21)11-25-18(23)14-9-13-6-4-5-7-15(13)24-10-14/h4-7,9,12H,3,8,10-11H2,1-2H3,(H,19,22)(H,20,21)/t12-/m1/s1. The van der Waals surface area contributed by atoms with E-state index in [-0.39, 0.29) is 12.5 Å². The van der Waals surface area contributed by atoms with Gasteiger partial charge >= 0.3 is 5.97 Å². The van der Waals surface area contributed by atoms with Crippen molar-refractivity contribution in [1.29, 1.82) is 0 Å². The predicted octanol–water partition coefficient (Wildman–Crippen LogP) is 1.04. The highest BCUT2D eigenvalue weighted by molar-refractivity contribution is 5.96. The van der Waals surface area contributed by atoms with Gasteiger partial charge in [-0.3, -0.25) is 9.59 Å². The van der Waals surface area contributed by atoms with Crippen molar-refractivity contribution in [3.05, 3.63) is 35.4 Å². The Kier molecular flexibility index (Phi) is 6.56. The summed E-state index contributed by atoms with van der Waals surface area (Å²) in [5, 5.41) is 5.16. The molecule has 0 unspecified atom stereocenters. The van der Waals surface area contributed by atoms with Gasteiger partial charge < -0.3 is 20.1 Å². The molecule has 0 spiro atoms. The Bertz CT molecular complexity index is 684. The van der Waals surface area contributed by atoms with Crippen LogP contribution in [0, 0.1) is 0 Å². The maximum atomic E-state index is 12.0. The first kappa shape index (κ1) is 18.5. The first-order chi connectivity index (χ1) is 12.0. The van der Waals surface area contributed by atoms with Crippen LogP contribution < -0.4 is 15.4 Å². The fourth-order valence-electron chi connectivity index (χ4n) is 2.21. The second kappa shape index (κ2) is 8.86. The second-order valence-corrected chi connectivity index (χ2v) is 5.65. The molecule has 1 atom stereocenters. The van der Waals surface area contributed by atoms with Gasteiger partial charge in [-0.1, -0.05) is 25.1 Å². The van der Waals surface area contributed by atoms with Crippen molar-refractivity contribution < 1.29 is 23.9 Å². The quantitative estimate of drug-likeness (QED) is 0.720. The van der Waals surface area contributed by atoms with Crippen LogP contribution in [0.5, 0.6) is 5.75 Å². The molecule has 1 aromatic rings. The molecule has 0 saturated carbocycles. The van der Waals surface area contributed by atoms with Crippen molar-refractivity contribution in [3.63, 3.8) is 0 Å². The molecule has 0 radical (unpaired) electrons. The van der Waals surface area contributed by atoms with Crippen LogP contribution in [0.15, 0.2) is 29.8 Å². The number of nitrogens with one attached hydrogen (secondary N) is 2. The Balaban J connectivity index is 1.81. The van der Waals surface area contributed by atoms with Crippen LogP contribution in [0.4, 0.5) is 0 Å². The van der Waals surface area contributed by atoms with Gasteiger partial charge in [0.25, 0.3) is 5.91 Å². The molecule has 7 heteroatoms. The van der Waals surface area contributed by atoms with Gasteiger partial charge in [-0.15, -0.1) is 0 Å². The Morgan fingerprint density at radius 2 is 2.04 bits per heavy atom. The highest BCUT2D eigenvalue weighted by Gasteiger charge is 2.20. The van der Waals surface area contributed by atoms with E-state index in [0.29, 0.717) is 17.9 Å². The lowest BCUT2D eigenvalue weighted by atomic mass is 10.1. The SMILES string of the molecule is CCCNC(=O)[C@@H](C)NC(=O)COC(=O)C1=Cc2ccccc2OC1. The van der Waals surface area contributed by atoms with E-state index in [0.717, 1.165) is 12.0 Å². The number of carbonyl (C=O) groups excluding carboxylic acids is 3. The minimum atomic E-state index is -0.693. The van der Waals surface area contributed by atoms with E-state index in [2.05, 4.69) is 10.6 Å². The zero-order valence-corrected chi connectivity index (χ0v) is 14.3. The van der Waals surface area contributed by atoms with Crippen molar-refractivity contribution in [3.8, 4) is 5.75 Å². The molecule has 1 aliphatic heterocycles. The van der Waals surface area contributed by atoms with Gasteiger partial charge in [0.1, 0.15) is 18.4 Å². The van der Waals surface area contributed by atoms with E-state index in [4.69, 9.17) is 9.47 Å². The molecule has 2 amide bonds. The number of benzene rings is 1. The molecule has 0 bridgehead atoms. The summed E-state index contributed by atoms with van der Waals surface area (Å²) in [6, 6.07) is 6.63. The molecule has 2 N–H and O–H groups in total. The predicted molar refractivity (Wildman–Crippen MR) is 91.8 cm³/mol. The lowest BCUT2D eigenvalue weighted by Crippen LogP contribution is -2.46. The maximum absolute atomic E-state index is 12.0. The van der Waals surface area contributed by atoms with E-state index < -0.39 is 24.5 Å². The molecule has 1 heterocycles. The number of ether oxygens (including phenoxy) is 2. The van der Waals surface area contributed by atoms with Gasteiger partial charge in [-0.25, -0.2) is 4.79 Å². The summed E-state index contributed by atoms with van der Waals surface area (Å²) in [6.07, 6.45) is 2.49. The largest absolute Gasteiger partial charge is 0.488 e. The Labute approximate surface area is 146 Å². The minimum absolute atomic E-state index is 0.0906. The van der Waals surface area contributed by atoms with Crippen molar-refractivity contribution in [2.24, 2.45) is 0 Å². The Morgan fingerprint density at radius 3 is 2.80 bits per heavy atom. The normalized spacial score (nSPS) is 13.6.